The Kier molecular flexibility index (Phi) is 4.38. The summed E-state index contributed by atoms with van der Waals surface area (Å²) in [6.45, 7) is 2.08. The van der Waals surface area contributed by atoms with Gasteiger partial charge in [0.15, 0.2) is 0 Å². The zero-order valence-corrected chi connectivity index (χ0v) is 16.3. The zero-order valence-electron chi connectivity index (χ0n) is 13.9. The first-order valence-corrected chi connectivity index (χ1v) is 9.71. The van der Waals surface area contributed by atoms with Gasteiger partial charge in [-0.15, -0.1) is 11.3 Å². The number of pyridine rings is 1. The molecule has 0 atom stereocenters. The molecule has 0 N–H and O–H groups in total. The van der Waals surface area contributed by atoms with Crippen molar-refractivity contribution in [3.63, 3.8) is 0 Å². The average Bonchev–Trinajstić information content (AvgIpc) is 3.18. The van der Waals surface area contributed by atoms with Crippen LogP contribution in [0.1, 0.15) is 32.6 Å². The predicted molar refractivity (Wildman–Crippen MR) is 106 cm³/mol. The molecule has 0 unspecified atom stereocenters. The Labute approximate surface area is 162 Å². The van der Waals surface area contributed by atoms with Crippen LogP contribution in [0, 0.1) is 0 Å². The first-order valence-electron chi connectivity index (χ1n) is 8.10. The van der Waals surface area contributed by atoms with Crippen LogP contribution >= 0.6 is 27.3 Å². The lowest BCUT2D eigenvalue weighted by Gasteiger charge is -2.03. The van der Waals surface area contributed by atoms with Crippen LogP contribution in [0.3, 0.4) is 0 Å². The summed E-state index contributed by atoms with van der Waals surface area (Å²) < 4.78 is 8.68. The van der Waals surface area contributed by atoms with E-state index in [2.05, 4.69) is 15.9 Å². The Morgan fingerprint density at radius 2 is 2.00 bits per heavy atom. The third kappa shape index (κ3) is 2.75. The molecule has 0 radical (unpaired) electrons. The summed E-state index contributed by atoms with van der Waals surface area (Å²) in [6, 6.07) is 14.9. The number of hydrogen-bond acceptors (Lipinski definition) is 4. The van der Waals surface area contributed by atoms with Crippen molar-refractivity contribution in [3.05, 3.63) is 75.3 Å². The first-order chi connectivity index (χ1) is 12.6. The Morgan fingerprint density at radius 3 is 2.77 bits per heavy atom. The number of ether oxygens (including phenoxy) is 1. The molecule has 4 aromatic rings. The van der Waals surface area contributed by atoms with Crippen LogP contribution in [-0.4, -0.2) is 22.8 Å². The maximum absolute atomic E-state index is 12.9. The summed E-state index contributed by atoms with van der Waals surface area (Å²) in [4.78, 5) is 26.0. The third-order valence-corrected chi connectivity index (χ3v) is 5.74. The minimum atomic E-state index is -0.382. The van der Waals surface area contributed by atoms with Crippen molar-refractivity contribution in [1.29, 1.82) is 0 Å². The minimum absolute atomic E-state index is 0.0589. The van der Waals surface area contributed by atoms with Gasteiger partial charge in [0.1, 0.15) is 5.69 Å². The van der Waals surface area contributed by atoms with E-state index in [9.17, 15) is 9.59 Å². The average molecular weight is 428 g/mol. The van der Waals surface area contributed by atoms with Crippen molar-refractivity contribution in [3.8, 4) is 0 Å². The monoisotopic (exact) mass is 427 g/mol. The molecule has 3 aromatic heterocycles. The fourth-order valence-electron chi connectivity index (χ4n) is 3.00. The second kappa shape index (κ2) is 6.70. The number of halogens is 1. The van der Waals surface area contributed by atoms with Crippen molar-refractivity contribution in [2.75, 3.05) is 6.61 Å². The van der Waals surface area contributed by atoms with Gasteiger partial charge in [-0.05, 0) is 37.3 Å². The van der Waals surface area contributed by atoms with Crippen molar-refractivity contribution in [2.24, 2.45) is 0 Å². The molecule has 1 aromatic carbocycles. The third-order valence-electron chi connectivity index (χ3n) is 4.10. The molecule has 4 rings (SSSR count). The minimum Gasteiger partial charge on any atom is -0.461 e. The Hall–Kier alpha value is -2.44. The van der Waals surface area contributed by atoms with E-state index in [4.69, 9.17) is 4.74 Å². The van der Waals surface area contributed by atoms with E-state index in [0.29, 0.717) is 22.7 Å². The number of rotatable bonds is 4. The second-order valence-corrected chi connectivity index (χ2v) is 7.69. The molecule has 0 aliphatic heterocycles. The number of carbonyl (C=O) groups is 2. The lowest BCUT2D eigenvalue weighted by atomic mass is 10.1. The van der Waals surface area contributed by atoms with Gasteiger partial charge < -0.3 is 9.14 Å². The van der Waals surface area contributed by atoms with Gasteiger partial charge in [-0.3, -0.25) is 4.79 Å². The highest BCUT2D eigenvalue weighted by molar-refractivity contribution is 9.10. The molecular weight excluding hydrogens is 414 g/mol. The number of aromatic nitrogens is 1. The molecule has 0 saturated carbocycles. The predicted octanol–water partition coefficient (Wildman–Crippen LogP) is 5.32. The van der Waals surface area contributed by atoms with Crippen LogP contribution in [0.2, 0.25) is 0 Å². The highest BCUT2D eigenvalue weighted by Crippen LogP contribution is 2.36. The summed E-state index contributed by atoms with van der Waals surface area (Å²) in [6.07, 6.45) is 1.84. The maximum Gasteiger partial charge on any atom is 0.356 e. The topological polar surface area (TPSA) is 47.8 Å². The maximum atomic E-state index is 12.9. The number of hydrogen-bond donors (Lipinski definition) is 0. The van der Waals surface area contributed by atoms with E-state index in [-0.39, 0.29) is 11.8 Å². The molecule has 26 heavy (non-hydrogen) atoms. The number of esters is 1. The number of carbonyl (C=O) groups excluding carboxylic acids is 2. The fourth-order valence-corrected chi connectivity index (χ4v) is 4.56. The highest BCUT2D eigenvalue weighted by atomic mass is 79.9. The van der Waals surface area contributed by atoms with Gasteiger partial charge >= 0.3 is 5.97 Å². The summed E-state index contributed by atoms with van der Waals surface area (Å²) in [5, 5.41) is 0.886. The van der Waals surface area contributed by atoms with E-state index in [0.717, 1.165) is 20.1 Å². The highest BCUT2D eigenvalue weighted by Gasteiger charge is 2.23. The molecule has 0 saturated heterocycles. The molecule has 0 aliphatic carbocycles. The van der Waals surface area contributed by atoms with Crippen molar-refractivity contribution < 1.29 is 14.3 Å². The van der Waals surface area contributed by atoms with Gasteiger partial charge in [-0.1, -0.05) is 34.1 Å². The van der Waals surface area contributed by atoms with E-state index in [1.807, 2.05) is 47.0 Å². The van der Waals surface area contributed by atoms with Gasteiger partial charge in [-0.25, -0.2) is 4.79 Å². The number of thiophene rings is 1. The Balaban J connectivity index is 1.91. The van der Waals surface area contributed by atoms with Gasteiger partial charge in [-0.2, -0.15) is 0 Å². The van der Waals surface area contributed by atoms with Crippen LogP contribution in [0.5, 0.6) is 0 Å². The fraction of sp³-hybridized carbons (Fsp3) is 0.100. The van der Waals surface area contributed by atoms with Gasteiger partial charge in [0.2, 0.25) is 5.78 Å². The van der Waals surface area contributed by atoms with Crippen LogP contribution in [0.15, 0.2) is 59.2 Å². The quantitative estimate of drug-likeness (QED) is 0.326. The van der Waals surface area contributed by atoms with Crippen LogP contribution in [-0.2, 0) is 4.74 Å². The zero-order chi connectivity index (χ0) is 18.3. The standard InChI is InChI=1S/C20H14BrNO3S/c1-2-25-20(24)17-19-14(15-8-3-4-9-22(15)17)11-16(26-19)18(23)12-6-5-7-13(21)10-12/h3-11H,2H2,1H3. The lowest BCUT2D eigenvalue weighted by Crippen LogP contribution is -2.08. The van der Waals surface area contributed by atoms with E-state index < -0.39 is 0 Å². The first kappa shape index (κ1) is 17.0. The molecule has 130 valence electrons. The normalized spacial score (nSPS) is 11.2. The number of ketones is 1. The van der Waals surface area contributed by atoms with Crippen molar-refractivity contribution in [2.45, 2.75) is 6.92 Å². The summed E-state index contributed by atoms with van der Waals surface area (Å²) >= 11 is 4.72. The second-order valence-electron chi connectivity index (χ2n) is 5.72. The smallest absolute Gasteiger partial charge is 0.356 e. The molecule has 4 nitrogen and oxygen atoms in total. The SMILES string of the molecule is CCOC(=O)c1c2sc(C(=O)c3cccc(Br)c3)cc2c2ccccn12. The summed E-state index contributed by atoms with van der Waals surface area (Å²) in [7, 11) is 0. The molecule has 3 heterocycles. The molecule has 0 fully saturated rings. The molecular formula is C20H14BrNO3S. The Bertz CT molecular complexity index is 1160. The number of fused-ring (bicyclic) bond motifs is 3. The molecule has 0 spiro atoms. The molecule has 0 amide bonds. The van der Waals surface area contributed by atoms with E-state index >= 15 is 0 Å². The van der Waals surface area contributed by atoms with Gasteiger partial charge in [0.05, 0.1) is 21.7 Å². The van der Waals surface area contributed by atoms with Crippen LogP contribution in [0.25, 0.3) is 15.6 Å². The van der Waals surface area contributed by atoms with Gasteiger partial charge in [0.25, 0.3) is 0 Å². The van der Waals surface area contributed by atoms with E-state index in [1.54, 1.807) is 19.1 Å². The molecule has 0 aliphatic rings. The van der Waals surface area contributed by atoms with E-state index in [1.165, 1.54) is 11.3 Å². The Morgan fingerprint density at radius 1 is 1.15 bits per heavy atom. The van der Waals surface area contributed by atoms with Crippen molar-refractivity contribution in [1.82, 2.24) is 4.40 Å². The number of nitrogens with zero attached hydrogens (tertiary/aromatic N) is 1. The molecule has 6 heteroatoms. The number of benzene rings is 1. The van der Waals surface area contributed by atoms with Crippen LogP contribution in [0.4, 0.5) is 0 Å². The summed E-state index contributed by atoms with van der Waals surface area (Å²) in [5.41, 5.74) is 1.96. The van der Waals surface area contributed by atoms with Gasteiger partial charge in [0, 0.05) is 21.6 Å². The summed E-state index contributed by atoms with van der Waals surface area (Å²) in [5.74, 6) is -0.441. The molecule has 0 bridgehead atoms. The lowest BCUT2D eigenvalue weighted by molar-refractivity contribution is 0.0521. The van der Waals surface area contributed by atoms with Crippen molar-refractivity contribution >= 4 is 54.6 Å². The largest absolute Gasteiger partial charge is 0.461 e. The van der Waals surface area contributed by atoms with Crippen LogP contribution < -0.4 is 0 Å².